The molecule has 0 spiro atoms. The van der Waals surface area contributed by atoms with E-state index in [-0.39, 0.29) is 11.3 Å². The molecule has 0 N–H and O–H groups in total. The van der Waals surface area contributed by atoms with Crippen LogP contribution in [0.3, 0.4) is 0 Å². The molecule has 2 rings (SSSR count). The fraction of sp³-hybridized carbons (Fsp3) is 0.300. The molecule has 0 saturated carbocycles. The summed E-state index contributed by atoms with van der Waals surface area (Å²) in [4.78, 5) is 23.5. The van der Waals surface area contributed by atoms with Crippen LogP contribution in [0, 0.1) is 5.92 Å². The number of methoxy groups -OCH3 is 1. The van der Waals surface area contributed by atoms with Crippen molar-refractivity contribution in [2.45, 2.75) is 20.3 Å². The molecular weight excluding hydrogens is 320 g/mol. The second-order valence-corrected chi connectivity index (χ2v) is 5.94. The van der Waals surface area contributed by atoms with E-state index in [0.29, 0.717) is 35.9 Å². The van der Waals surface area contributed by atoms with E-state index in [1.807, 2.05) is 0 Å². The number of hydrogen-bond donors (Lipinski definition) is 0. The molecular formula is C20H22O5. The fourth-order valence-corrected chi connectivity index (χ4v) is 2.15. The van der Waals surface area contributed by atoms with Crippen LogP contribution < -0.4 is 14.2 Å². The lowest BCUT2D eigenvalue weighted by molar-refractivity contribution is 0.0728. The molecule has 0 unspecified atom stereocenters. The minimum Gasteiger partial charge on any atom is -0.494 e. The zero-order valence-corrected chi connectivity index (χ0v) is 14.7. The van der Waals surface area contributed by atoms with Gasteiger partial charge in [0.25, 0.3) is 0 Å². The second kappa shape index (κ2) is 8.87. The zero-order valence-electron chi connectivity index (χ0n) is 14.7. The number of benzene rings is 2. The van der Waals surface area contributed by atoms with Gasteiger partial charge in [0.05, 0.1) is 24.8 Å². The Labute approximate surface area is 147 Å². The number of aldehydes is 1. The van der Waals surface area contributed by atoms with Crippen molar-refractivity contribution in [3.05, 3.63) is 53.6 Å². The van der Waals surface area contributed by atoms with E-state index in [1.54, 1.807) is 42.5 Å². The predicted molar refractivity (Wildman–Crippen MR) is 94.7 cm³/mol. The summed E-state index contributed by atoms with van der Waals surface area (Å²) >= 11 is 0. The van der Waals surface area contributed by atoms with E-state index in [1.165, 1.54) is 7.11 Å². The molecule has 0 heterocycles. The van der Waals surface area contributed by atoms with Crippen molar-refractivity contribution in [2.24, 2.45) is 5.92 Å². The molecule has 132 valence electrons. The largest absolute Gasteiger partial charge is 0.494 e. The van der Waals surface area contributed by atoms with E-state index in [2.05, 4.69) is 13.8 Å². The van der Waals surface area contributed by atoms with E-state index in [9.17, 15) is 9.59 Å². The van der Waals surface area contributed by atoms with Gasteiger partial charge in [-0.15, -0.1) is 0 Å². The van der Waals surface area contributed by atoms with Gasteiger partial charge in [0.2, 0.25) is 0 Å². The molecule has 2 aromatic rings. The summed E-state index contributed by atoms with van der Waals surface area (Å²) in [5.74, 6) is 1.14. The molecule has 0 radical (unpaired) electrons. The van der Waals surface area contributed by atoms with E-state index < -0.39 is 5.97 Å². The first-order valence-corrected chi connectivity index (χ1v) is 8.12. The van der Waals surface area contributed by atoms with Crippen molar-refractivity contribution in [2.75, 3.05) is 13.7 Å². The monoisotopic (exact) mass is 342 g/mol. The highest BCUT2D eigenvalue weighted by Crippen LogP contribution is 2.30. The number of esters is 1. The summed E-state index contributed by atoms with van der Waals surface area (Å²) in [6, 6.07) is 11.5. The van der Waals surface area contributed by atoms with Crippen LogP contribution in [-0.4, -0.2) is 26.0 Å². The van der Waals surface area contributed by atoms with Gasteiger partial charge in [-0.3, -0.25) is 4.79 Å². The third-order valence-corrected chi connectivity index (χ3v) is 3.60. The molecule has 0 aliphatic heterocycles. The van der Waals surface area contributed by atoms with Crippen LogP contribution in [0.4, 0.5) is 0 Å². The lowest BCUT2D eigenvalue weighted by Gasteiger charge is -2.11. The summed E-state index contributed by atoms with van der Waals surface area (Å²) < 4.78 is 16.1. The Balaban J connectivity index is 2.08. The number of rotatable bonds is 8. The molecule has 5 nitrogen and oxygen atoms in total. The van der Waals surface area contributed by atoms with Gasteiger partial charge < -0.3 is 14.2 Å². The first-order chi connectivity index (χ1) is 12.0. The molecule has 25 heavy (non-hydrogen) atoms. The van der Waals surface area contributed by atoms with Crippen LogP contribution in [0.25, 0.3) is 0 Å². The highest BCUT2D eigenvalue weighted by Gasteiger charge is 2.16. The van der Waals surface area contributed by atoms with Crippen molar-refractivity contribution in [3.63, 3.8) is 0 Å². The Kier molecular flexibility index (Phi) is 6.57. The lowest BCUT2D eigenvalue weighted by atomic mass is 10.1. The van der Waals surface area contributed by atoms with Crippen LogP contribution in [0.15, 0.2) is 42.5 Å². The minimum atomic E-state index is -0.568. The Morgan fingerprint density at radius 2 is 1.84 bits per heavy atom. The lowest BCUT2D eigenvalue weighted by Crippen LogP contribution is -2.11. The minimum absolute atomic E-state index is 0.113. The standard InChI is InChI=1S/C20H22O5/c1-14(2)11-12-24-17-9-7-15(8-10-17)20(22)25-19-16(13-21)5-4-6-18(19)23-3/h4-10,13-14H,11-12H2,1-3H3. The molecule has 0 fully saturated rings. The zero-order chi connectivity index (χ0) is 18.2. The Bertz CT molecular complexity index is 719. The maximum atomic E-state index is 12.3. The second-order valence-electron chi connectivity index (χ2n) is 5.94. The third-order valence-electron chi connectivity index (χ3n) is 3.60. The Morgan fingerprint density at radius 1 is 1.12 bits per heavy atom. The van der Waals surface area contributed by atoms with Crippen molar-refractivity contribution < 1.29 is 23.8 Å². The molecule has 0 aromatic heterocycles. The van der Waals surface area contributed by atoms with Gasteiger partial charge >= 0.3 is 5.97 Å². The fourth-order valence-electron chi connectivity index (χ4n) is 2.15. The van der Waals surface area contributed by atoms with Crippen molar-refractivity contribution >= 4 is 12.3 Å². The number of carbonyl (C=O) groups is 2. The van der Waals surface area contributed by atoms with Gasteiger partial charge in [-0.2, -0.15) is 0 Å². The Morgan fingerprint density at radius 3 is 2.44 bits per heavy atom. The van der Waals surface area contributed by atoms with Gasteiger partial charge in [-0.25, -0.2) is 4.79 Å². The maximum Gasteiger partial charge on any atom is 0.343 e. The van der Waals surface area contributed by atoms with E-state index in [4.69, 9.17) is 14.2 Å². The highest BCUT2D eigenvalue weighted by atomic mass is 16.6. The summed E-state index contributed by atoms with van der Waals surface area (Å²) in [6.45, 7) is 4.90. The number of ether oxygens (including phenoxy) is 3. The summed E-state index contributed by atoms with van der Waals surface area (Å²) in [5.41, 5.74) is 0.611. The summed E-state index contributed by atoms with van der Waals surface area (Å²) in [5, 5.41) is 0. The van der Waals surface area contributed by atoms with Gasteiger partial charge in [-0.05, 0) is 48.7 Å². The van der Waals surface area contributed by atoms with Crippen molar-refractivity contribution in [1.82, 2.24) is 0 Å². The van der Waals surface area contributed by atoms with Crippen molar-refractivity contribution in [1.29, 1.82) is 0 Å². The van der Waals surface area contributed by atoms with Crippen molar-refractivity contribution in [3.8, 4) is 17.2 Å². The number of carbonyl (C=O) groups excluding carboxylic acids is 2. The van der Waals surface area contributed by atoms with Crippen LogP contribution in [0.2, 0.25) is 0 Å². The normalized spacial score (nSPS) is 10.4. The van der Waals surface area contributed by atoms with Crippen LogP contribution in [-0.2, 0) is 0 Å². The first-order valence-electron chi connectivity index (χ1n) is 8.12. The average Bonchev–Trinajstić information content (AvgIpc) is 2.62. The molecule has 0 saturated heterocycles. The molecule has 0 amide bonds. The topological polar surface area (TPSA) is 61.8 Å². The average molecular weight is 342 g/mol. The van der Waals surface area contributed by atoms with Gasteiger partial charge in [0, 0.05) is 0 Å². The molecule has 5 heteroatoms. The van der Waals surface area contributed by atoms with Gasteiger partial charge in [0.15, 0.2) is 17.8 Å². The third kappa shape index (κ3) is 5.08. The summed E-state index contributed by atoms with van der Waals surface area (Å²) in [7, 11) is 1.45. The molecule has 0 aliphatic rings. The quantitative estimate of drug-likeness (QED) is 0.410. The maximum absolute atomic E-state index is 12.3. The SMILES string of the molecule is COc1cccc(C=O)c1OC(=O)c1ccc(OCCC(C)C)cc1. The van der Waals surface area contributed by atoms with Gasteiger partial charge in [0.1, 0.15) is 5.75 Å². The van der Waals surface area contributed by atoms with Crippen LogP contribution in [0.1, 0.15) is 41.0 Å². The van der Waals surface area contributed by atoms with Crippen LogP contribution >= 0.6 is 0 Å². The Hall–Kier alpha value is -2.82. The first kappa shape index (κ1) is 18.5. The molecule has 0 aliphatic carbocycles. The van der Waals surface area contributed by atoms with Crippen LogP contribution in [0.5, 0.6) is 17.2 Å². The van der Waals surface area contributed by atoms with E-state index >= 15 is 0 Å². The smallest absolute Gasteiger partial charge is 0.343 e. The number of para-hydroxylation sites is 1. The number of hydrogen-bond acceptors (Lipinski definition) is 5. The predicted octanol–water partition coefficient (Wildman–Crippen LogP) is 4.15. The van der Waals surface area contributed by atoms with Gasteiger partial charge in [-0.1, -0.05) is 19.9 Å². The molecule has 0 atom stereocenters. The van der Waals surface area contributed by atoms with E-state index in [0.717, 1.165) is 6.42 Å². The molecule has 0 bridgehead atoms. The molecule has 2 aromatic carbocycles. The summed E-state index contributed by atoms with van der Waals surface area (Å²) in [6.07, 6.45) is 1.59. The highest BCUT2D eigenvalue weighted by molar-refractivity contribution is 5.93.